The van der Waals surface area contributed by atoms with E-state index in [1.165, 1.54) is 17.5 Å². The van der Waals surface area contributed by atoms with Crippen LogP contribution in [0.1, 0.15) is 36.0 Å². The van der Waals surface area contributed by atoms with Crippen molar-refractivity contribution in [1.29, 1.82) is 0 Å². The number of hydrogen-bond acceptors (Lipinski definition) is 2. The molecule has 0 spiro atoms. The standard InChI is InChI=1S/C16H23NO2/c1-11-9-12(2)15(19-3)14(10-11)7-8-17-16(18)13-5-4-6-13/h9-10,13H,4-8H2,1-3H3,(H,17,18). The summed E-state index contributed by atoms with van der Waals surface area (Å²) in [5, 5.41) is 3.03. The fourth-order valence-electron chi connectivity index (χ4n) is 2.66. The summed E-state index contributed by atoms with van der Waals surface area (Å²) in [5.74, 6) is 1.43. The minimum absolute atomic E-state index is 0.217. The highest BCUT2D eigenvalue weighted by molar-refractivity contribution is 5.79. The molecular weight excluding hydrogens is 238 g/mol. The molecule has 1 amide bonds. The molecule has 0 radical (unpaired) electrons. The zero-order valence-electron chi connectivity index (χ0n) is 12.1. The summed E-state index contributed by atoms with van der Waals surface area (Å²) in [6.07, 6.45) is 4.13. The van der Waals surface area contributed by atoms with Crippen molar-refractivity contribution in [1.82, 2.24) is 5.32 Å². The van der Waals surface area contributed by atoms with Crippen LogP contribution in [0.15, 0.2) is 12.1 Å². The number of carbonyl (C=O) groups is 1. The van der Waals surface area contributed by atoms with Crippen LogP contribution in [-0.2, 0) is 11.2 Å². The van der Waals surface area contributed by atoms with E-state index < -0.39 is 0 Å². The van der Waals surface area contributed by atoms with Crippen LogP contribution in [0.4, 0.5) is 0 Å². The smallest absolute Gasteiger partial charge is 0.223 e. The number of benzene rings is 1. The number of rotatable bonds is 5. The predicted octanol–water partition coefficient (Wildman–Crippen LogP) is 2.77. The van der Waals surface area contributed by atoms with Gasteiger partial charge in [-0.3, -0.25) is 4.79 Å². The number of aryl methyl sites for hydroxylation is 2. The zero-order valence-corrected chi connectivity index (χ0v) is 12.1. The molecule has 3 heteroatoms. The minimum Gasteiger partial charge on any atom is -0.496 e. The van der Waals surface area contributed by atoms with Crippen molar-refractivity contribution in [2.24, 2.45) is 5.92 Å². The first-order valence-electron chi connectivity index (χ1n) is 7.03. The number of nitrogens with one attached hydrogen (secondary N) is 1. The molecule has 0 heterocycles. The summed E-state index contributed by atoms with van der Waals surface area (Å²) >= 11 is 0. The lowest BCUT2D eigenvalue weighted by Crippen LogP contribution is -2.35. The highest BCUT2D eigenvalue weighted by atomic mass is 16.5. The summed E-state index contributed by atoms with van der Waals surface area (Å²) < 4.78 is 5.46. The maximum Gasteiger partial charge on any atom is 0.223 e. The first-order chi connectivity index (χ1) is 9.11. The van der Waals surface area contributed by atoms with Crippen LogP contribution in [0.2, 0.25) is 0 Å². The predicted molar refractivity (Wildman–Crippen MR) is 76.5 cm³/mol. The Morgan fingerprint density at radius 3 is 2.68 bits per heavy atom. The van der Waals surface area contributed by atoms with Crippen LogP contribution < -0.4 is 10.1 Å². The molecule has 104 valence electrons. The molecular formula is C16H23NO2. The molecule has 0 aliphatic heterocycles. The van der Waals surface area contributed by atoms with Gasteiger partial charge in [0.1, 0.15) is 5.75 Å². The van der Waals surface area contributed by atoms with Crippen LogP contribution >= 0.6 is 0 Å². The molecule has 1 aliphatic carbocycles. The van der Waals surface area contributed by atoms with Crippen molar-refractivity contribution in [2.45, 2.75) is 39.5 Å². The van der Waals surface area contributed by atoms with Gasteiger partial charge in [-0.25, -0.2) is 0 Å². The van der Waals surface area contributed by atoms with E-state index in [0.29, 0.717) is 6.54 Å². The molecule has 3 nitrogen and oxygen atoms in total. The molecule has 0 aromatic heterocycles. The van der Waals surface area contributed by atoms with E-state index in [1.54, 1.807) is 7.11 Å². The lowest BCUT2D eigenvalue weighted by Gasteiger charge is -2.24. The van der Waals surface area contributed by atoms with Crippen LogP contribution in [-0.4, -0.2) is 19.6 Å². The Morgan fingerprint density at radius 1 is 1.37 bits per heavy atom. The van der Waals surface area contributed by atoms with Gasteiger partial charge in [-0.2, -0.15) is 0 Å². The Balaban J connectivity index is 1.93. The highest BCUT2D eigenvalue weighted by Gasteiger charge is 2.24. The fourth-order valence-corrected chi connectivity index (χ4v) is 2.66. The van der Waals surface area contributed by atoms with Gasteiger partial charge >= 0.3 is 0 Å². The molecule has 0 unspecified atom stereocenters. The Labute approximate surface area is 115 Å². The lowest BCUT2D eigenvalue weighted by molar-refractivity contribution is -0.127. The van der Waals surface area contributed by atoms with Crippen molar-refractivity contribution in [2.75, 3.05) is 13.7 Å². The van der Waals surface area contributed by atoms with Crippen molar-refractivity contribution in [3.63, 3.8) is 0 Å². The molecule has 0 atom stereocenters. The normalized spacial score (nSPS) is 14.9. The molecule has 1 aliphatic rings. The molecule has 1 N–H and O–H groups in total. The third-order valence-electron chi connectivity index (χ3n) is 3.87. The van der Waals surface area contributed by atoms with E-state index in [9.17, 15) is 4.79 Å². The van der Waals surface area contributed by atoms with Gasteiger partial charge in [0.25, 0.3) is 0 Å². The van der Waals surface area contributed by atoms with Gasteiger partial charge in [-0.1, -0.05) is 24.1 Å². The van der Waals surface area contributed by atoms with E-state index in [4.69, 9.17) is 4.74 Å². The molecule has 0 saturated heterocycles. The van der Waals surface area contributed by atoms with Crippen molar-refractivity contribution >= 4 is 5.91 Å². The second-order valence-electron chi connectivity index (χ2n) is 5.44. The van der Waals surface area contributed by atoms with Crippen LogP contribution in [0, 0.1) is 19.8 Å². The van der Waals surface area contributed by atoms with E-state index in [-0.39, 0.29) is 11.8 Å². The van der Waals surface area contributed by atoms with Crippen molar-refractivity contribution in [3.8, 4) is 5.75 Å². The maximum atomic E-state index is 11.8. The topological polar surface area (TPSA) is 38.3 Å². The van der Waals surface area contributed by atoms with E-state index in [1.807, 2.05) is 0 Å². The molecule has 1 aromatic rings. The van der Waals surface area contributed by atoms with Gasteiger partial charge in [0.2, 0.25) is 5.91 Å². The molecule has 0 bridgehead atoms. The second kappa shape index (κ2) is 6.09. The quantitative estimate of drug-likeness (QED) is 0.885. The second-order valence-corrected chi connectivity index (χ2v) is 5.44. The summed E-state index contributed by atoms with van der Waals surface area (Å²) in [4.78, 5) is 11.8. The number of carbonyl (C=O) groups excluding carboxylic acids is 1. The molecule has 19 heavy (non-hydrogen) atoms. The number of ether oxygens (including phenoxy) is 1. The van der Waals surface area contributed by atoms with Crippen LogP contribution in [0.3, 0.4) is 0 Å². The van der Waals surface area contributed by atoms with Gasteiger partial charge < -0.3 is 10.1 Å². The monoisotopic (exact) mass is 261 g/mol. The maximum absolute atomic E-state index is 11.8. The van der Waals surface area contributed by atoms with E-state index in [0.717, 1.165) is 30.6 Å². The number of hydrogen-bond donors (Lipinski definition) is 1. The average Bonchev–Trinajstić information content (AvgIpc) is 2.26. The Hall–Kier alpha value is -1.51. The first kappa shape index (κ1) is 13.9. The van der Waals surface area contributed by atoms with Gasteiger partial charge in [0, 0.05) is 12.5 Å². The van der Waals surface area contributed by atoms with Crippen molar-refractivity contribution < 1.29 is 9.53 Å². The summed E-state index contributed by atoms with van der Waals surface area (Å²) in [6.45, 7) is 4.83. The summed E-state index contributed by atoms with van der Waals surface area (Å²) in [7, 11) is 1.70. The van der Waals surface area contributed by atoms with Gasteiger partial charge in [-0.05, 0) is 44.2 Å². The van der Waals surface area contributed by atoms with Crippen molar-refractivity contribution in [3.05, 3.63) is 28.8 Å². The number of methoxy groups -OCH3 is 1. The summed E-state index contributed by atoms with van der Waals surface area (Å²) in [5.41, 5.74) is 3.57. The lowest BCUT2D eigenvalue weighted by atomic mass is 9.85. The summed E-state index contributed by atoms with van der Waals surface area (Å²) in [6, 6.07) is 4.26. The van der Waals surface area contributed by atoms with Crippen LogP contribution in [0.25, 0.3) is 0 Å². The molecule has 1 saturated carbocycles. The van der Waals surface area contributed by atoms with Gasteiger partial charge in [-0.15, -0.1) is 0 Å². The largest absolute Gasteiger partial charge is 0.496 e. The van der Waals surface area contributed by atoms with Crippen LogP contribution in [0.5, 0.6) is 5.75 Å². The highest BCUT2D eigenvalue weighted by Crippen LogP contribution is 2.27. The average molecular weight is 261 g/mol. The van der Waals surface area contributed by atoms with E-state index >= 15 is 0 Å². The zero-order chi connectivity index (χ0) is 13.8. The third kappa shape index (κ3) is 3.28. The Bertz CT molecular complexity index is 464. The molecule has 1 fully saturated rings. The molecule has 1 aromatic carbocycles. The minimum atomic E-state index is 0.217. The molecule has 2 rings (SSSR count). The van der Waals surface area contributed by atoms with E-state index in [2.05, 4.69) is 31.3 Å². The Kier molecular flexibility index (Phi) is 4.46. The van der Waals surface area contributed by atoms with Gasteiger partial charge in [0.15, 0.2) is 0 Å². The Morgan fingerprint density at radius 2 is 2.11 bits per heavy atom. The van der Waals surface area contributed by atoms with Gasteiger partial charge in [0.05, 0.1) is 7.11 Å². The fraction of sp³-hybridized carbons (Fsp3) is 0.562. The third-order valence-corrected chi connectivity index (χ3v) is 3.87. The number of amides is 1. The first-order valence-corrected chi connectivity index (χ1v) is 7.03. The SMILES string of the molecule is COc1c(C)cc(C)cc1CCNC(=O)C1CCC1.